The van der Waals surface area contributed by atoms with Gasteiger partial charge < -0.3 is 19.5 Å². The van der Waals surface area contributed by atoms with Crippen LogP contribution in [0.1, 0.15) is 38.2 Å². The first-order valence-electron chi connectivity index (χ1n) is 8.92. The number of nitrogens with zero attached hydrogens (tertiary/aromatic N) is 1. The van der Waals surface area contributed by atoms with Crippen LogP contribution in [0.3, 0.4) is 0 Å². The van der Waals surface area contributed by atoms with E-state index >= 15 is 0 Å². The van der Waals surface area contributed by atoms with E-state index in [1.807, 2.05) is 6.07 Å². The van der Waals surface area contributed by atoms with Gasteiger partial charge in [0.05, 0.1) is 27.9 Å². The van der Waals surface area contributed by atoms with Crippen molar-refractivity contribution in [2.75, 3.05) is 34.4 Å². The third-order valence-corrected chi connectivity index (χ3v) is 4.83. The topological polar surface area (TPSA) is 60.0 Å². The zero-order valence-corrected chi connectivity index (χ0v) is 15.8. The van der Waals surface area contributed by atoms with Gasteiger partial charge in [0.15, 0.2) is 11.5 Å². The van der Waals surface area contributed by atoms with E-state index in [9.17, 15) is 4.79 Å². The Morgan fingerprint density at radius 1 is 1.12 bits per heavy atom. The lowest BCUT2D eigenvalue weighted by Gasteiger charge is -2.34. The molecule has 1 aromatic rings. The highest BCUT2D eigenvalue weighted by Gasteiger charge is 2.22. The molecule has 1 amide bonds. The maximum absolute atomic E-state index is 12.4. The molecule has 1 fully saturated rings. The van der Waals surface area contributed by atoms with Gasteiger partial charge in [-0.15, -0.1) is 0 Å². The highest BCUT2D eigenvalue weighted by molar-refractivity contribution is 5.78. The highest BCUT2D eigenvalue weighted by atomic mass is 16.5. The third-order valence-electron chi connectivity index (χ3n) is 4.83. The van der Waals surface area contributed by atoms with Gasteiger partial charge in [0.25, 0.3) is 0 Å². The molecular weight excluding hydrogens is 320 g/mol. The van der Waals surface area contributed by atoms with Gasteiger partial charge in [0.2, 0.25) is 5.91 Å². The maximum atomic E-state index is 12.4. The zero-order chi connectivity index (χ0) is 18.2. The second-order valence-corrected chi connectivity index (χ2v) is 6.32. The van der Waals surface area contributed by atoms with Gasteiger partial charge >= 0.3 is 0 Å². The van der Waals surface area contributed by atoms with Crippen LogP contribution in [0.5, 0.6) is 17.2 Å². The number of carbonyl (C=O) groups excluding carboxylic acids is 1. The van der Waals surface area contributed by atoms with E-state index in [-0.39, 0.29) is 5.91 Å². The standard InChI is InChI=1S/C19H30N2O4/c1-5-15-8-6-7-9-21(15)13-19(22)20-12-14-10-17(24-3)18(25-4)11-16(14)23-2/h10-11,15H,5-9,12-13H2,1-4H3,(H,20,22). The summed E-state index contributed by atoms with van der Waals surface area (Å²) in [6.07, 6.45) is 4.72. The molecule has 0 aromatic heterocycles. The average molecular weight is 350 g/mol. The molecule has 1 N–H and O–H groups in total. The number of carbonyl (C=O) groups is 1. The number of rotatable bonds is 8. The molecular formula is C19H30N2O4. The van der Waals surface area contributed by atoms with E-state index in [1.54, 1.807) is 27.4 Å². The summed E-state index contributed by atoms with van der Waals surface area (Å²) in [5, 5.41) is 3.00. The summed E-state index contributed by atoms with van der Waals surface area (Å²) < 4.78 is 16.0. The van der Waals surface area contributed by atoms with Crippen LogP contribution < -0.4 is 19.5 Å². The van der Waals surface area contributed by atoms with Crippen LogP contribution in [0.15, 0.2) is 12.1 Å². The molecule has 6 nitrogen and oxygen atoms in total. The van der Waals surface area contributed by atoms with Crippen molar-refractivity contribution in [3.05, 3.63) is 17.7 Å². The molecule has 1 saturated heterocycles. The van der Waals surface area contributed by atoms with Crippen molar-refractivity contribution in [2.45, 2.75) is 45.2 Å². The van der Waals surface area contributed by atoms with Crippen LogP contribution in [-0.2, 0) is 11.3 Å². The minimum Gasteiger partial charge on any atom is -0.496 e. The van der Waals surface area contributed by atoms with Crippen LogP contribution in [0.25, 0.3) is 0 Å². The van der Waals surface area contributed by atoms with Crippen molar-refractivity contribution in [3.8, 4) is 17.2 Å². The van der Waals surface area contributed by atoms with E-state index in [1.165, 1.54) is 19.3 Å². The van der Waals surface area contributed by atoms with Gasteiger partial charge in [0.1, 0.15) is 5.75 Å². The third kappa shape index (κ3) is 5.01. The Balaban J connectivity index is 1.98. The summed E-state index contributed by atoms with van der Waals surface area (Å²) in [6, 6.07) is 4.14. The Labute approximate surface area is 150 Å². The molecule has 1 aliphatic heterocycles. The molecule has 1 aliphatic rings. The molecule has 6 heteroatoms. The lowest BCUT2D eigenvalue weighted by Crippen LogP contribution is -2.45. The largest absolute Gasteiger partial charge is 0.496 e. The van der Waals surface area contributed by atoms with Gasteiger partial charge in [0, 0.05) is 24.2 Å². The molecule has 0 bridgehead atoms. The number of methoxy groups -OCH3 is 3. The fourth-order valence-electron chi connectivity index (χ4n) is 3.40. The van der Waals surface area contributed by atoms with Crippen LogP contribution in [0, 0.1) is 0 Å². The fourth-order valence-corrected chi connectivity index (χ4v) is 3.40. The lowest BCUT2D eigenvalue weighted by molar-refractivity contribution is -0.123. The molecule has 1 heterocycles. The van der Waals surface area contributed by atoms with Gasteiger partial charge in [-0.25, -0.2) is 0 Å². The summed E-state index contributed by atoms with van der Waals surface area (Å²) in [6.45, 7) is 4.04. The van der Waals surface area contributed by atoms with Gasteiger partial charge in [-0.3, -0.25) is 9.69 Å². The van der Waals surface area contributed by atoms with Crippen molar-refractivity contribution in [3.63, 3.8) is 0 Å². The first-order chi connectivity index (χ1) is 12.1. The van der Waals surface area contributed by atoms with Gasteiger partial charge in [-0.2, -0.15) is 0 Å². The Morgan fingerprint density at radius 3 is 2.44 bits per heavy atom. The number of benzene rings is 1. The Hall–Kier alpha value is -1.95. The molecule has 0 radical (unpaired) electrons. The van der Waals surface area contributed by atoms with Crippen LogP contribution >= 0.6 is 0 Å². The van der Waals surface area contributed by atoms with Crippen molar-refractivity contribution in [1.29, 1.82) is 0 Å². The number of hydrogen-bond donors (Lipinski definition) is 1. The van der Waals surface area contributed by atoms with E-state index in [2.05, 4.69) is 17.1 Å². The van der Waals surface area contributed by atoms with Crippen molar-refractivity contribution in [1.82, 2.24) is 10.2 Å². The van der Waals surface area contributed by atoms with E-state index in [0.717, 1.165) is 18.5 Å². The molecule has 140 valence electrons. The quantitative estimate of drug-likeness (QED) is 0.781. The lowest BCUT2D eigenvalue weighted by atomic mass is 10.00. The minimum atomic E-state index is 0.0391. The minimum absolute atomic E-state index is 0.0391. The smallest absolute Gasteiger partial charge is 0.234 e. The second-order valence-electron chi connectivity index (χ2n) is 6.32. The normalized spacial score (nSPS) is 17.8. The Kier molecular flexibility index (Phi) is 7.37. The second kappa shape index (κ2) is 9.51. The number of likely N-dealkylation sites (tertiary alicyclic amines) is 1. The molecule has 0 saturated carbocycles. The summed E-state index contributed by atoms with van der Waals surface area (Å²) >= 11 is 0. The first-order valence-corrected chi connectivity index (χ1v) is 8.92. The van der Waals surface area contributed by atoms with Crippen LogP contribution in [-0.4, -0.2) is 51.3 Å². The van der Waals surface area contributed by atoms with Gasteiger partial charge in [-0.05, 0) is 31.9 Å². The van der Waals surface area contributed by atoms with Crippen LogP contribution in [0.4, 0.5) is 0 Å². The molecule has 0 aliphatic carbocycles. The Morgan fingerprint density at radius 2 is 1.80 bits per heavy atom. The number of nitrogens with one attached hydrogen (secondary N) is 1. The predicted molar refractivity (Wildman–Crippen MR) is 97.4 cm³/mol. The van der Waals surface area contributed by atoms with Gasteiger partial charge in [-0.1, -0.05) is 13.3 Å². The number of hydrogen-bond acceptors (Lipinski definition) is 5. The van der Waals surface area contributed by atoms with Crippen molar-refractivity contribution < 1.29 is 19.0 Å². The summed E-state index contributed by atoms with van der Waals surface area (Å²) in [4.78, 5) is 14.7. The molecule has 1 aromatic carbocycles. The monoisotopic (exact) mass is 350 g/mol. The number of amides is 1. The van der Waals surface area contributed by atoms with Crippen molar-refractivity contribution in [2.24, 2.45) is 0 Å². The SMILES string of the molecule is CCC1CCCCN1CC(=O)NCc1cc(OC)c(OC)cc1OC. The first kappa shape index (κ1) is 19.4. The summed E-state index contributed by atoms with van der Waals surface area (Å²) in [7, 11) is 4.78. The fraction of sp³-hybridized carbons (Fsp3) is 0.632. The van der Waals surface area contributed by atoms with Crippen LogP contribution in [0.2, 0.25) is 0 Å². The van der Waals surface area contributed by atoms with E-state index in [0.29, 0.717) is 36.4 Å². The number of piperidine rings is 1. The number of ether oxygens (including phenoxy) is 3. The maximum Gasteiger partial charge on any atom is 0.234 e. The average Bonchev–Trinajstić information content (AvgIpc) is 2.65. The van der Waals surface area contributed by atoms with Crippen molar-refractivity contribution >= 4 is 5.91 Å². The molecule has 1 unspecified atom stereocenters. The zero-order valence-electron chi connectivity index (χ0n) is 15.8. The summed E-state index contributed by atoms with van der Waals surface area (Å²) in [5.74, 6) is 1.93. The highest BCUT2D eigenvalue weighted by Crippen LogP contribution is 2.34. The Bertz CT molecular complexity index is 577. The van der Waals surface area contributed by atoms with E-state index < -0.39 is 0 Å². The summed E-state index contributed by atoms with van der Waals surface area (Å²) in [5.41, 5.74) is 0.860. The molecule has 2 rings (SSSR count). The van der Waals surface area contributed by atoms with E-state index in [4.69, 9.17) is 14.2 Å². The molecule has 0 spiro atoms. The molecule has 1 atom stereocenters. The molecule has 25 heavy (non-hydrogen) atoms. The predicted octanol–water partition coefficient (Wildman–Crippen LogP) is 2.59.